The van der Waals surface area contributed by atoms with Crippen LogP contribution in [0.25, 0.3) is 0 Å². The van der Waals surface area contributed by atoms with Gasteiger partial charge in [-0.05, 0) is 0 Å². The topological polar surface area (TPSA) is 75.1 Å². The fourth-order valence-electron chi connectivity index (χ4n) is 0.991. The molecule has 0 aliphatic carbocycles. The minimum atomic E-state index is -1.02. The highest BCUT2D eigenvalue weighted by Gasteiger charge is 2.10. The lowest BCUT2D eigenvalue weighted by Crippen LogP contribution is -2.18. The highest BCUT2D eigenvalue weighted by atomic mass is 79.9. The molecule has 80 valence electrons. The van der Waals surface area contributed by atoms with Gasteiger partial charge in [0.05, 0.1) is 5.69 Å². The van der Waals surface area contributed by atoms with Crippen molar-refractivity contribution in [2.75, 3.05) is 6.54 Å². The largest absolute Gasteiger partial charge is 0.478 e. The number of carbonyl (C=O) groups is 1. The first-order chi connectivity index (χ1) is 7.11. The molecular weight excluding hydrogens is 262 g/mol. The third-order valence-electron chi connectivity index (χ3n) is 1.63. The van der Waals surface area contributed by atoms with Gasteiger partial charge in [-0.2, -0.15) is 0 Å². The quantitative estimate of drug-likeness (QED) is 0.841. The van der Waals surface area contributed by atoms with E-state index in [4.69, 9.17) is 5.11 Å². The number of hydrogen-bond acceptors (Lipinski definition) is 4. The second-order valence-corrected chi connectivity index (χ2v) is 3.93. The Bertz CT molecular complexity index is 381. The van der Waals surface area contributed by atoms with Gasteiger partial charge >= 0.3 is 5.97 Å². The Morgan fingerprint density at radius 3 is 3.00 bits per heavy atom. The maximum absolute atomic E-state index is 10.8. The van der Waals surface area contributed by atoms with Crippen LogP contribution in [0.5, 0.6) is 0 Å². The molecule has 0 spiro atoms. The molecule has 0 aliphatic heterocycles. The molecule has 1 aromatic heterocycles. The average Bonchev–Trinajstić information content (AvgIpc) is 2.17. The van der Waals surface area contributed by atoms with E-state index in [-0.39, 0.29) is 5.56 Å². The monoisotopic (exact) mass is 271 g/mol. The smallest absolute Gasteiger partial charge is 0.339 e. The summed E-state index contributed by atoms with van der Waals surface area (Å²) >= 11 is 3.19. The van der Waals surface area contributed by atoms with Crippen LogP contribution in [0, 0.1) is 0 Å². The van der Waals surface area contributed by atoms with Gasteiger partial charge in [0.2, 0.25) is 0 Å². The van der Waals surface area contributed by atoms with Crippen LogP contribution in [-0.4, -0.2) is 27.6 Å². The Labute approximate surface area is 95.4 Å². The molecule has 6 heteroatoms. The minimum Gasteiger partial charge on any atom is -0.478 e. The van der Waals surface area contributed by atoms with Crippen molar-refractivity contribution >= 4 is 21.9 Å². The highest BCUT2D eigenvalue weighted by molar-refractivity contribution is 9.11. The van der Waals surface area contributed by atoms with Crippen molar-refractivity contribution in [3.63, 3.8) is 0 Å². The van der Waals surface area contributed by atoms with Crippen LogP contribution in [-0.2, 0) is 6.54 Å². The fraction of sp³-hybridized carbons (Fsp3) is 0.222. The van der Waals surface area contributed by atoms with E-state index in [9.17, 15) is 4.79 Å². The van der Waals surface area contributed by atoms with Crippen LogP contribution in [0.3, 0.4) is 0 Å². The fourth-order valence-corrected chi connectivity index (χ4v) is 1.19. The summed E-state index contributed by atoms with van der Waals surface area (Å²) in [6.45, 7) is 4.58. The highest BCUT2D eigenvalue weighted by Crippen LogP contribution is 2.04. The van der Waals surface area contributed by atoms with Gasteiger partial charge in [0, 0.05) is 23.8 Å². The predicted octanol–water partition coefficient (Wildman–Crippen LogP) is 1.17. The summed E-state index contributed by atoms with van der Waals surface area (Å²) in [5.41, 5.74) is 0.580. The maximum atomic E-state index is 10.8. The molecule has 0 amide bonds. The molecule has 0 fully saturated rings. The Hall–Kier alpha value is -1.27. The lowest BCUT2D eigenvalue weighted by molar-refractivity contribution is 0.0694. The van der Waals surface area contributed by atoms with Crippen molar-refractivity contribution in [3.8, 4) is 0 Å². The molecule has 0 radical (unpaired) electrons. The lowest BCUT2D eigenvalue weighted by atomic mass is 10.2. The second-order valence-electron chi connectivity index (χ2n) is 2.81. The summed E-state index contributed by atoms with van der Waals surface area (Å²) < 4.78 is 0.799. The summed E-state index contributed by atoms with van der Waals surface area (Å²) in [7, 11) is 0. The van der Waals surface area contributed by atoms with Crippen molar-refractivity contribution in [1.82, 2.24) is 15.3 Å². The van der Waals surface area contributed by atoms with Gasteiger partial charge in [-0.1, -0.05) is 22.5 Å². The van der Waals surface area contributed by atoms with Crippen LogP contribution in [0.15, 0.2) is 23.6 Å². The first kappa shape index (κ1) is 11.8. The third kappa shape index (κ3) is 3.77. The molecule has 0 aromatic carbocycles. The van der Waals surface area contributed by atoms with E-state index in [2.05, 4.69) is 37.8 Å². The molecular formula is C9H10BrN3O2. The number of nitrogens with one attached hydrogen (secondary N) is 1. The van der Waals surface area contributed by atoms with Crippen LogP contribution < -0.4 is 5.32 Å². The van der Waals surface area contributed by atoms with Crippen molar-refractivity contribution in [1.29, 1.82) is 0 Å². The van der Waals surface area contributed by atoms with Crippen molar-refractivity contribution in [3.05, 3.63) is 34.8 Å². The molecule has 15 heavy (non-hydrogen) atoms. The number of halogens is 1. The predicted molar refractivity (Wildman–Crippen MR) is 58.8 cm³/mol. The summed E-state index contributed by atoms with van der Waals surface area (Å²) in [4.78, 5) is 18.3. The number of carboxylic acids is 1. The number of aromatic carboxylic acids is 1. The zero-order chi connectivity index (χ0) is 11.3. The second kappa shape index (κ2) is 5.57. The lowest BCUT2D eigenvalue weighted by Gasteiger charge is -2.05. The maximum Gasteiger partial charge on any atom is 0.339 e. The van der Waals surface area contributed by atoms with E-state index < -0.39 is 5.97 Å². The molecule has 0 unspecified atom stereocenters. The van der Waals surface area contributed by atoms with Crippen LogP contribution >= 0.6 is 15.9 Å². The van der Waals surface area contributed by atoms with Gasteiger partial charge in [-0.15, -0.1) is 0 Å². The van der Waals surface area contributed by atoms with Gasteiger partial charge in [0.25, 0.3) is 0 Å². The molecule has 0 aliphatic rings. The molecule has 0 atom stereocenters. The molecule has 1 aromatic rings. The first-order valence-corrected chi connectivity index (χ1v) is 4.96. The molecule has 5 nitrogen and oxygen atoms in total. The van der Waals surface area contributed by atoms with E-state index in [0.717, 1.165) is 4.48 Å². The van der Waals surface area contributed by atoms with Crippen LogP contribution in [0.4, 0.5) is 0 Å². The average molecular weight is 272 g/mol. The molecule has 0 saturated heterocycles. The van der Waals surface area contributed by atoms with E-state index in [1.54, 1.807) is 0 Å². The number of aromatic nitrogens is 2. The van der Waals surface area contributed by atoms with Crippen LogP contribution in [0.1, 0.15) is 16.1 Å². The zero-order valence-corrected chi connectivity index (χ0v) is 9.49. The molecule has 0 saturated carbocycles. The standard InChI is InChI=1S/C9H10BrN3O2/c1-6(10)2-11-4-8-7(9(14)15)3-12-5-13-8/h3,5,11H,1-2,4H2,(H,14,15). The van der Waals surface area contributed by atoms with Gasteiger partial charge in [-0.3, -0.25) is 0 Å². The summed E-state index contributed by atoms with van der Waals surface area (Å²) in [5, 5.41) is 11.8. The van der Waals surface area contributed by atoms with Gasteiger partial charge in [0.1, 0.15) is 11.9 Å². The summed E-state index contributed by atoms with van der Waals surface area (Å²) in [6, 6.07) is 0. The molecule has 1 rings (SSSR count). The van der Waals surface area contributed by atoms with E-state index >= 15 is 0 Å². The van der Waals surface area contributed by atoms with Gasteiger partial charge in [-0.25, -0.2) is 14.8 Å². The zero-order valence-electron chi connectivity index (χ0n) is 7.90. The van der Waals surface area contributed by atoms with Gasteiger partial charge < -0.3 is 10.4 Å². The van der Waals surface area contributed by atoms with Crippen molar-refractivity contribution < 1.29 is 9.90 Å². The number of carboxylic acid groups (broad SMARTS) is 1. The van der Waals surface area contributed by atoms with E-state index in [1.807, 2.05) is 0 Å². The number of rotatable bonds is 5. The normalized spacial score (nSPS) is 9.93. The summed E-state index contributed by atoms with van der Waals surface area (Å²) in [5.74, 6) is -1.02. The van der Waals surface area contributed by atoms with Crippen LogP contribution in [0.2, 0.25) is 0 Å². The van der Waals surface area contributed by atoms with Gasteiger partial charge in [0.15, 0.2) is 0 Å². The van der Waals surface area contributed by atoms with E-state index in [0.29, 0.717) is 18.8 Å². The first-order valence-electron chi connectivity index (χ1n) is 4.17. The molecule has 0 bridgehead atoms. The number of hydrogen-bond donors (Lipinski definition) is 2. The third-order valence-corrected chi connectivity index (χ3v) is 1.91. The minimum absolute atomic E-state index is 0.116. The number of nitrogens with zero attached hydrogens (tertiary/aromatic N) is 2. The molecule has 2 N–H and O–H groups in total. The Kier molecular flexibility index (Phi) is 4.38. The van der Waals surface area contributed by atoms with Crippen molar-refractivity contribution in [2.45, 2.75) is 6.54 Å². The molecule has 1 heterocycles. The Morgan fingerprint density at radius 2 is 2.40 bits per heavy atom. The summed E-state index contributed by atoms with van der Waals surface area (Å²) in [6.07, 6.45) is 2.61. The SMILES string of the molecule is C=C(Br)CNCc1ncncc1C(=O)O. The Balaban J connectivity index is 2.67. The van der Waals surface area contributed by atoms with E-state index in [1.165, 1.54) is 12.5 Å². The Morgan fingerprint density at radius 1 is 1.67 bits per heavy atom. The van der Waals surface area contributed by atoms with Crippen molar-refractivity contribution in [2.24, 2.45) is 0 Å².